The topological polar surface area (TPSA) is 75.4 Å². The van der Waals surface area contributed by atoms with Crippen LogP contribution in [0.25, 0.3) is 11.3 Å². The van der Waals surface area contributed by atoms with Crippen LogP contribution in [0.15, 0.2) is 71.3 Å². The van der Waals surface area contributed by atoms with Gasteiger partial charge >= 0.3 is 0 Å². The molecule has 4 rings (SSSR count). The number of aromatic nitrogens is 1. The van der Waals surface area contributed by atoms with E-state index in [1.54, 1.807) is 17.0 Å². The number of nitrogens with one attached hydrogen (secondary N) is 1. The fraction of sp³-hybridized carbons (Fsp3) is 0.292. The Morgan fingerprint density at radius 2 is 1.80 bits per heavy atom. The Morgan fingerprint density at radius 1 is 1.10 bits per heavy atom. The normalized spacial score (nSPS) is 18.4. The van der Waals surface area contributed by atoms with E-state index in [2.05, 4.69) is 10.5 Å². The molecule has 0 bridgehead atoms. The number of hydrogen-bond donors (Lipinski definition) is 1. The molecule has 0 aliphatic carbocycles. The molecule has 1 aliphatic heterocycles. The van der Waals surface area contributed by atoms with Crippen LogP contribution in [-0.4, -0.2) is 40.5 Å². The largest absolute Gasteiger partial charge is 0.361 e. The number of nitrogens with zero attached hydrogens (tertiary/aromatic N) is 2. The molecule has 2 aromatic carbocycles. The van der Waals surface area contributed by atoms with Gasteiger partial charge in [-0.2, -0.15) is 0 Å². The summed E-state index contributed by atoms with van der Waals surface area (Å²) in [6.07, 6.45) is 1.63. The number of carbonyl (C=O) groups is 2. The molecule has 6 heteroatoms. The minimum atomic E-state index is -0.990. The summed E-state index contributed by atoms with van der Waals surface area (Å²) in [5, 5.41) is 7.11. The van der Waals surface area contributed by atoms with Crippen molar-refractivity contribution >= 4 is 11.8 Å². The lowest BCUT2D eigenvalue weighted by molar-refractivity contribution is -0.130. The van der Waals surface area contributed by atoms with Crippen molar-refractivity contribution in [1.29, 1.82) is 0 Å². The van der Waals surface area contributed by atoms with Crippen molar-refractivity contribution in [3.8, 4) is 11.3 Å². The zero-order chi connectivity index (χ0) is 21.0. The molecule has 1 N–H and O–H groups in total. The Morgan fingerprint density at radius 3 is 2.50 bits per heavy atom. The van der Waals surface area contributed by atoms with E-state index in [0.717, 1.165) is 17.7 Å². The summed E-state index contributed by atoms with van der Waals surface area (Å²) >= 11 is 0. The van der Waals surface area contributed by atoms with E-state index in [0.29, 0.717) is 30.8 Å². The van der Waals surface area contributed by atoms with Gasteiger partial charge in [0.15, 0.2) is 0 Å². The maximum absolute atomic E-state index is 13.3. The zero-order valence-corrected chi connectivity index (χ0v) is 17.0. The second-order valence-corrected chi connectivity index (χ2v) is 7.54. The van der Waals surface area contributed by atoms with Gasteiger partial charge in [0.1, 0.15) is 17.0 Å². The predicted octanol–water partition coefficient (Wildman–Crippen LogP) is 3.70. The molecule has 1 aromatic heterocycles. The van der Waals surface area contributed by atoms with E-state index < -0.39 is 5.54 Å². The third-order valence-corrected chi connectivity index (χ3v) is 5.61. The van der Waals surface area contributed by atoms with Crippen LogP contribution in [-0.2, 0) is 11.2 Å². The number of amides is 2. The van der Waals surface area contributed by atoms with Gasteiger partial charge in [-0.05, 0) is 31.9 Å². The maximum atomic E-state index is 13.3. The van der Waals surface area contributed by atoms with Crippen LogP contribution in [0.3, 0.4) is 0 Å². The molecule has 3 aromatic rings. The van der Waals surface area contributed by atoms with E-state index in [9.17, 15) is 9.59 Å². The number of likely N-dealkylation sites (tertiary alicyclic amines) is 1. The van der Waals surface area contributed by atoms with Crippen molar-refractivity contribution in [1.82, 2.24) is 15.4 Å². The average Bonchev–Trinajstić information content (AvgIpc) is 3.43. The smallest absolute Gasteiger partial charge is 0.254 e. The van der Waals surface area contributed by atoms with Crippen LogP contribution in [0.1, 0.15) is 35.9 Å². The summed E-state index contributed by atoms with van der Waals surface area (Å²) in [6, 6.07) is 20.7. The highest BCUT2D eigenvalue weighted by atomic mass is 16.5. The lowest BCUT2D eigenvalue weighted by Gasteiger charge is -2.36. The van der Waals surface area contributed by atoms with Gasteiger partial charge in [0, 0.05) is 36.7 Å². The lowest BCUT2D eigenvalue weighted by Crippen LogP contribution is -2.58. The standard InChI is InChI=1S/C24H25N3O3/c1-2-25-23(29)24(14-9-15-27(24)22(28)19-12-7-4-8-13-19)17-20-16-21(26-30-20)18-10-5-3-6-11-18/h3-8,10-13,16H,2,9,14-15,17H2,1H3,(H,25,29). The molecule has 1 saturated heterocycles. The summed E-state index contributed by atoms with van der Waals surface area (Å²) in [5.74, 6) is 0.305. The Balaban J connectivity index is 1.67. The molecule has 0 spiro atoms. The molecule has 154 valence electrons. The van der Waals surface area contributed by atoms with Gasteiger partial charge in [0.05, 0.1) is 0 Å². The molecular weight excluding hydrogens is 378 g/mol. The van der Waals surface area contributed by atoms with Gasteiger partial charge < -0.3 is 14.7 Å². The third kappa shape index (κ3) is 3.73. The van der Waals surface area contributed by atoms with Crippen LogP contribution >= 0.6 is 0 Å². The second kappa shape index (κ2) is 8.53. The van der Waals surface area contributed by atoms with Gasteiger partial charge in [0.2, 0.25) is 5.91 Å². The van der Waals surface area contributed by atoms with Gasteiger partial charge in [-0.25, -0.2) is 0 Å². The molecule has 30 heavy (non-hydrogen) atoms. The fourth-order valence-electron chi connectivity index (χ4n) is 4.17. The molecule has 1 atom stereocenters. The maximum Gasteiger partial charge on any atom is 0.254 e. The van der Waals surface area contributed by atoms with Crippen LogP contribution in [0, 0.1) is 0 Å². The Hall–Kier alpha value is -3.41. The zero-order valence-electron chi connectivity index (χ0n) is 17.0. The van der Waals surface area contributed by atoms with Crippen LogP contribution < -0.4 is 5.32 Å². The summed E-state index contributed by atoms with van der Waals surface area (Å²) in [5.41, 5.74) is 1.26. The monoisotopic (exact) mass is 403 g/mol. The first-order chi connectivity index (χ1) is 14.6. The number of hydrogen-bond acceptors (Lipinski definition) is 4. The van der Waals surface area contributed by atoms with Crippen molar-refractivity contribution < 1.29 is 14.1 Å². The molecule has 1 aliphatic rings. The van der Waals surface area contributed by atoms with Gasteiger partial charge in [-0.1, -0.05) is 53.7 Å². The van der Waals surface area contributed by atoms with Crippen molar-refractivity contribution in [2.24, 2.45) is 0 Å². The first-order valence-corrected chi connectivity index (χ1v) is 10.3. The highest BCUT2D eigenvalue weighted by Crippen LogP contribution is 2.35. The molecule has 2 heterocycles. The molecule has 0 saturated carbocycles. The van der Waals surface area contributed by atoms with Gasteiger partial charge in [-0.15, -0.1) is 0 Å². The minimum Gasteiger partial charge on any atom is -0.361 e. The predicted molar refractivity (Wildman–Crippen MR) is 114 cm³/mol. The Bertz CT molecular complexity index is 1020. The second-order valence-electron chi connectivity index (χ2n) is 7.54. The SMILES string of the molecule is CCNC(=O)C1(Cc2cc(-c3ccccc3)no2)CCCN1C(=O)c1ccccc1. The molecular formula is C24H25N3O3. The quantitative estimate of drug-likeness (QED) is 0.681. The van der Waals surface area contributed by atoms with E-state index in [1.165, 1.54) is 0 Å². The number of benzene rings is 2. The van der Waals surface area contributed by atoms with Crippen molar-refractivity contribution in [2.75, 3.05) is 13.1 Å². The summed E-state index contributed by atoms with van der Waals surface area (Å²) in [7, 11) is 0. The Labute approximate surface area is 175 Å². The van der Waals surface area contributed by atoms with Gasteiger partial charge in [-0.3, -0.25) is 9.59 Å². The summed E-state index contributed by atoms with van der Waals surface area (Å²) in [6.45, 7) is 2.91. The van der Waals surface area contributed by atoms with Crippen molar-refractivity contribution in [2.45, 2.75) is 31.7 Å². The van der Waals surface area contributed by atoms with Crippen molar-refractivity contribution in [3.63, 3.8) is 0 Å². The van der Waals surface area contributed by atoms with E-state index in [-0.39, 0.29) is 18.2 Å². The number of likely N-dealkylation sites (N-methyl/N-ethyl adjacent to an activating group) is 1. The van der Waals surface area contributed by atoms with E-state index in [1.807, 2.05) is 61.5 Å². The lowest BCUT2D eigenvalue weighted by atomic mass is 9.88. The van der Waals surface area contributed by atoms with Crippen LogP contribution in [0.4, 0.5) is 0 Å². The van der Waals surface area contributed by atoms with E-state index in [4.69, 9.17) is 4.52 Å². The van der Waals surface area contributed by atoms with Crippen LogP contribution in [0.2, 0.25) is 0 Å². The molecule has 6 nitrogen and oxygen atoms in total. The van der Waals surface area contributed by atoms with Crippen molar-refractivity contribution in [3.05, 3.63) is 78.1 Å². The highest BCUT2D eigenvalue weighted by molar-refractivity contribution is 5.99. The molecule has 1 fully saturated rings. The minimum absolute atomic E-state index is 0.137. The summed E-state index contributed by atoms with van der Waals surface area (Å²) in [4.78, 5) is 28.2. The Kier molecular flexibility index (Phi) is 5.65. The molecule has 1 unspecified atom stereocenters. The molecule has 0 radical (unpaired) electrons. The van der Waals surface area contributed by atoms with Gasteiger partial charge in [0.25, 0.3) is 5.91 Å². The number of rotatable bonds is 6. The first kappa shape index (κ1) is 19.9. The third-order valence-electron chi connectivity index (χ3n) is 5.61. The average molecular weight is 403 g/mol. The van der Waals surface area contributed by atoms with Crippen LogP contribution in [0.5, 0.6) is 0 Å². The van der Waals surface area contributed by atoms with E-state index >= 15 is 0 Å². The highest BCUT2D eigenvalue weighted by Gasteiger charge is 2.50. The number of carbonyl (C=O) groups excluding carboxylic acids is 2. The summed E-state index contributed by atoms with van der Waals surface area (Å²) < 4.78 is 5.60. The first-order valence-electron chi connectivity index (χ1n) is 10.3. The fourth-order valence-corrected chi connectivity index (χ4v) is 4.17. The molecule has 2 amide bonds.